The van der Waals surface area contributed by atoms with E-state index in [1.54, 1.807) is 33.3 Å². The van der Waals surface area contributed by atoms with E-state index in [-0.39, 0.29) is 37.0 Å². The van der Waals surface area contributed by atoms with Gasteiger partial charge in [-0.1, -0.05) is 13.0 Å². The molecule has 8 heteroatoms. The van der Waals surface area contributed by atoms with E-state index in [1.807, 2.05) is 25.3 Å². The summed E-state index contributed by atoms with van der Waals surface area (Å²) >= 11 is 1.64. The van der Waals surface area contributed by atoms with Crippen molar-refractivity contribution in [2.75, 3.05) is 19.7 Å². The second-order valence-electron chi connectivity index (χ2n) is 8.62. The first-order chi connectivity index (χ1) is 16.9. The molecule has 5 nitrogen and oxygen atoms in total. The zero-order chi connectivity index (χ0) is 24.9. The Bertz CT molecular complexity index is 1180. The molecule has 0 bridgehead atoms. The highest BCUT2D eigenvalue weighted by Gasteiger charge is 2.34. The van der Waals surface area contributed by atoms with Crippen molar-refractivity contribution in [3.63, 3.8) is 0 Å². The Morgan fingerprint density at radius 3 is 2.63 bits per heavy atom. The number of nitrogens with zero attached hydrogens (tertiary/aromatic N) is 2. The molecule has 2 heterocycles. The summed E-state index contributed by atoms with van der Waals surface area (Å²) in [6, 6.07) is 12.7. The van der Waals surface area contributed by atoms with Gasteiger partial charge in [0, 0.05) is 29.1 Å². The fourth-order valence-corrected chi connectivity index (χ4v) is 5.18. The molecule has 0 unspecified atom stereocenters. The second-order valence-corrected chi connectivity index (χ2v) is 9.62. The van der Waals surface area contributed by atoms with Crippen molar-refractivity contribution in [3.05, 3.63) is 87.6 Å². The van der Waals surface area contributed by atoms with Gasteiger partial charge < -0.3 is 14.5 Å². The lowest BCUT2D eigenvalue weighted by atomic mass is 10.00. The van der Waals surface area contributed by atoms with E-state index in [2.05, 4.69) is 0 Å². The molecule has 3 aromatic rings. The molecule has 1 aromatic heterocycles. The minimum atomic E-state index is -0.422. The van der Waals surface area contributed by atoms with E-state index in [4.69, 9.17) is 4.74 Å². The van der Waals surface area contributed by atoms with Gasteiger partial charge in [-0.25, -0.2) is 8.78 Å². The highest BCUT2D eigenvalue weighted by atomic mass is 32.1. The van der Waals surface area contributed by atoms with Crippen molar-refractivity contribution in [1.82, 2.24) is 9.80 Å². The van der Waals surface area contributed by atoms with Crippen LogP contribution < -0.4 is 4.74 Å². The molecule has 1 aliphatic heterocycles. The zero-order valence-electron chi connectivity index (χ0n) is 19.7. The molecule has 2 aromatic carbocycles. The maximum atomic E-state index is 13.6. The number of hydrogen-bond acceptors (Lipinski definition) is 4. The number of benzene rings is 2. The molecule has 0 saturated heterocycles. The number of halogens is 2. The van der Waals surface area contributed by atoms with Crippen LogP contribution in [0.15, 0.2) is 60.0 Å². The van der Waals surface area contributed by atoms with Gasteiger partial charge in [0.05, 0.1) is 6.04 Å². The summed E-state index contributed by atoms with van der Waals surface area (Å²) in [5.74, 6) is -0.918. The molecule has 0 N–H and O–H groups in total. The molecule has 0 aliphatic carbocycles. The standard InChI is InChI=1S/C27H28F2N2O3S/c1-3-18(2)31(27(33)19-7-9-20(28)10-8-19)16-26(32)30-13-11-25-23(12-14-35-25)24(30)17-34-22-6-4-5-21(29)15-22/h4-10,12,14-15,18,24H,3,11,13,16-17H2,1-2H3/t18-,24-/m0/s1. The lowest BCUT2D eigenvalue weighted by molar-refractivity contribution is -0.136. The molecule has 0 saturated carbocycles. The van der Waals surface area contributed by atoms with Crippen LogP contribution in [0.1, 0.15) is 47.1 Å². The number of carbonyl (C=O) groups excluding carboxylic acids is 2. The lowest BCUT2D eigenvalue weighted by Crippen LogP contribution is -2.49. The van der Waals surface area contributed by atoms with Crippen molar-refractivity contribution in [2.24, 2.45) is 0 Å². The van der Waals surface area contributed by atoms with Crippen molar-refractivity contribution in [2.45, 2.75) is 38.8 Å². The molecular formula is C27H28F2N2O3S. The molecule has 0 radical (unpaired) electrons. The molecule has 2 atom stereocenters. The predicted molar refractivity (Wildman–Crippen MR) is 132 cm³/mol. The fourth-order valence-electron chi connectivity index (χ4n) is 4.25. The molecule has 4 rings (SSSR count). The number of fused-ring (bicyclic) bond motifs is 1. The summed E-state index contributed by atoms with van der Waals surface area (Å²) in [4.78, 5) is 31.3. The number of rotatable bonds is 8. The number of carbonyl (C=O) groups is 2. The first kappa shape index (κ1) is 24.9. The second kappa shape index (κ2) is 11.0. The highest BCUT2D eigenvalue weighted by Crippen LogP contribution is 2.34. The van der Waals surface area contributed by atoms with Crippen LogP contribution >= 0.6 is 11.3 Å². The Labute approximate surface area is 207 Å². The zero-order valence-corrected chi connectivity index (χ0v) is 20.6. The monoisotopic (exact) mass is 498 g/mol. The summed E-state index contributed by atoms with van der Waals surface area (Å²) in [6.07, 6.45) is 1.39. The summed E-state index contributed by atoms with van der Waals surface area (Å²) < 4.78 is 32.9. The third kappa shape index (κ3) is 5.70. The van der Waals surface area contributed by atoms with Gasteiger partial charge in [0.25, 0.3) is 5.91 Å². The lowest BCUT2D eigenvalue weighted by Gasteiger charge is -2.38. The molecular weight excluding hydrogens is 470 g/mol. The molecule has 0 fully saturated rings. The predicted octanol–water partition coefficient (Wildman–Crippen LogP) is 5.47. The molecule has 1 aliphatic rings. The number of hydrogen-bond donors (Lipinski definition) is 0. The van der Waals surface area contributed by atoms with Crippen LogP contribution in [0.3, 0.4) is 0 Å². The van der Waals surface area contributed by atoms with Crippen LogP contribution in [-0.4, -0.2) is 47.4 Å². The Morgan fingerprint density at radius 1 is 1.14 bits per heavy atom. The van der Waals surface area contributed by atoms with Crippen LogP contribution in [0.5, 0.6) is 5.75 Å². The maximum absolute atomic E-state index is 13.6. The number of ether oxygens (including phenoxy) is 1. The van der Waals surface area contributed by atoms with E-state index in [1.165, 1.54) is 41.3 Å². The van der Waals surface area contributed by atoms with Gasteiger partial charge in [-0.05, 0) is 73.2 Å². The Hall–Kier alpha value is -3.26. The smallest absolute Gasteiger partial charge is 0.254 e. The summed E-state index contributed by atoms with van der Waals surface area (Å²) in [5, 5.41) is 2.00. The number of thiophene rings is 1. The minimum Gasteiger partial charge on any atom is -0.491 e. The van der Waals surface area contributed by atoms with Crippen molar-refractivity contribution < 1.29 is 23.1 Å². The summed E-state index contributed by atoms with van der Waals surface area (Å²) in [6.45, 7) is 4.43. The average Bonchev–Trinajstić information content (AvgIpc) is 3.34. The van der Waals surface area contributed by atoms with Gasteiger partial charge in [0.1, 0.15) is 30.5 Å². The van der Waals surface area contributed by atoms with Crippen LogP contribution in [0.25, 0.3) is 0 Å². The Morgan fingerprint density at radius 2 is 1.91 bits per heavy atom. The first-order valence-corrected chi connectivity index (χ1v) is 12.6. The topological polar surface area (TPSA) is 49.9 Å². The van der Waals surface area contributed by atoms with E-state index >= 15 is 0 Å². The Balaban J connectivity index is 1.54. The average molecular weight is 499 g/mol. The quantitative estimate of drug-likeness (QED) is 0.414. The minimum absolute atomic E-state index is 0.0961. The van der Waals surface area contributed by atoms with E-state index < -0.39 is 11.6 Å². The molecule has 0 spiro atoms. The van der Waals surface area contributed by atoms with Crippen LogP contribution in [0.2, 0.25) is 0 Å². The summed E-state index contributed by atoms with van der Waals surface area (Å²) in [5.41, 5.74) is 1.36. The number of amides is 2. The normalized spacial score (nSPS) is 15.9. The SMILES string of the molecule is CC[C@H](C)N(CC(=O)N1CCc2sccc2[C@@H]1COc1cccc(F)c1)C(=O)c1ccc(F)cc1. The van der Waals surface area contributed by atoms with Crippen LogP contribution in [0, 0.1) is 11.6 Å². The molecule has 2 amide bonds. The summed E-state index contributed by atoms with van der Waals surface area (Å²) in [7, 11) is 0. The molecule has 35 heavy (non-hydrogen) atoms. The van der Waals surface area contributed by atoms with E-state index in [0.717, 1.165) is 12.0 Å². The van der Waals surface area contributed by atoms with E-state index in [9.17, 15) is 18.4 Å². The largest absolute Gasteiger partial charge is 0.491 e. The fraction of sp³-hybridized carbons (Fsp3) is 0.333. The van der Waals surface area contributed by atoms with Crippen LogP contribution in [0.4, 0.5) is 8.78 Å². The van der Waals surface area contributed by atoms with E-state index in [0.29, 0.717) is 24.3 Å². The van der Waals surface area contributed by atoms with Gasteiger partial charge in [-0.2, -0.15) is 0 Å². The third-order valence-corrected chi connectivity index (χ3v) is 7.40. The Kier molecular flexibility index (Phi) is 7.80. The van der Waals surface area contributed by atoms with Gasteiger partial charge in [0.15, 0.2) is 0 Å². The van der Waals surface area contributed by atoms with Crippen LogP contribution in [-0.2, 0) is 11.2 Å². The maximum Gasteiger partial charge on any atom is 0.254 e. The molecule has 184 valence electrons. The van der Waals surface area contributed by atoms with Crippen molar-refractivity contribution >= 4 is 23.2 Å². The first-order valence-electron chi connectivity index (χ1n) is 11.7. The highest BCUT2D eigenvalue weighted by molar-refractivity contribution is 7.10. The van der Waals surface area contributed by atoms with Gasteiger partial charge in [-0.3, -0.25) is 9.59 Å². The van der Waals surface area contributed by atoms with Crippen molar-refractivity contribution in [3.8, 4) is 5.75 Å². The van der Waals surface area contributed by atoms with Gasteiger partial charge in [-0.15, -0.1) is 11.3 Å². The van der Waals surface area contributed by atoms with Gasteiger partial charge in [0.2, 0.25) is 5.91 Å². The van der Waals surface area contributed by atoms with Gasteiger partial charge >= 0.3 is 0 Å². The van der Waals surface area contributed by atoms with Crippen molar-refractivity contribution in [1.29, 1.82) is 0 Å². The third-order valence-electron chi connectivity index (χ3n) is 6.40.